The maximum atomic E-state index is 6.16. The van der Waals surface area contributed by atoms with Crippen LogP contribution in [0.2, 0.25) is 0 Å². The van der Waals surface area contributed by atoms with Crippen molar-refractivity contribution in [2.45, 2.75) is 31.9 Å². The van der Waals surface area contributed by atoms with Gasteiger partial charge in [-0.3, -0.25) is 0 Å². The summed E-state index contributed by atoms with van der Waals surface area (Å²) in [7, 11) is 1.71. The van der Waals surface area contributed by atoms with Gasteiger partial charge in [-0.1, -0.05) is 42.5 Å². The second-order valence-corrected chi connectivity index (χ2v) is 8.45. The van der Waals surface area contributed by atoms with E-state index in [1.807, 2.05) is 0 Å². The van der Waals surface area contributed by atoms with Gasteiger partial charge in [0.05, 0.1) is 12.8 Å². The smallest absolute Gasteiger partial charge is 0.143 e. The number of methoxy groups -OCH3 is 1. The first-order chi connectivity index (χ1) is 15.3. The van der Waals surface area contributed by atoms with E-state index >= 15 is 0 Å². The monoisotopic (exact) mass is 450 g/mol. The molecule has 5 rings (SSSR count). The predicted octanol–water partition coefficient (Wildman–Crippen LogP) is 5.85. The van der Waals surface area contributed by atoms with Crippen molar-refractivity contribution in [3.63, 3.8) is 0 Å². The first-order valence-corrected chi connectivity index (χ1v) is 11.3. The molecule has 0 unspecified atom stereocenters. The first-order valence-electron chi connectivity index (χ1n) is 11.3. The highest BCUT2D eigenvalue weighted by molar-refractivity contribution is 5.85. The Labute approximate surface area is 197 Å². The van der Waals surface area contributed by atoms with Gasteiger partial charge in [0.1, 0.15) is 18.1 Å². The molecule has 1 fully saturated rings. The molecule has 32 heavy (non-hydrogen) atoms. The zero-order chi connectivity index (χ0) is 21.0. The van der Waals surface area contributed by atoms with Crippen LogP contribution in [-0.4, -0.2) is 37.7 Å². The molecule has 0 aliphatic carbocycles. The van der Waals surface area contributed by atoms with Crippen LogP contribution in [0.4, 0.5) is 11.4 Å². The molecule has 0 bridgehead atoms. The van der Waals surface area contributed by atoms with Gasteiger partial charge < -0.3 is 19.3 Å². The Kier molecular flexibility index (Phi) is 7.23. The van der Waals surface area contributed by atoms with Crippen LogP contribution in [0.3, 0.4) is 0 Å². The third-order valence-electron chi connectivity index (χ3n) is 6.47. The summed E-state index contributed by atoms with van der Waals surface area (Å²) in [6.07, 6.45) is 3.45. The predicted molar refractivity (Wildman–Crippen MR) is 133 cm³/mol. The van der Waals surface area contributed by atoms with Gasteiger partial charge in [0.2, 0.25) is 0 Å². The van der Waals surface area contributed by atoms with E-state index in [0.717, 1.165) is 37.6 Å². The van der Waals surface area contributed by atoms with E-state index in [4.69, 9.17) is 9.47 Å². The summed E-state index contributed by atoms with van der Waals surface area (Å²) < 4.78 is 11.4. The molecule has 3 aromatic rings. The van der Waals surface area contributed by atoms with Crippen LogP contribution in [0.15, 0.2) is 72.8 Å². The SMILES string of the molecule is COc1ccc(CCCN2CC[C@@H](N3c4ccccc4COc4ccccc43)C2)cc1.Cl. The number of hydrogen-bond acceptors (Lipinski definition) is 4. The number of benzene rings is 3. The lowest BCUT2D eigenvalue weighted by Crippen LogP contribution is -2.34. The Bertz CT molecular complexity index is 977. The molecular weight excluding hydrogens is 420 g/mol. The topological polar surface area (TPSA) is 24.9 Å². The van der Waals surface area contributed by atoms with Crippen LogP contribution in [0.25, 0.3) is 0 Å². The summed E-state index contributed by atoms with van der Waals surface area (Å²) in [4.78, 5) is 5.15. The van der Waals surface area contributed by atoms with E-state index in [2.05, 4.69) is 82.6 Å². The second kappa shape index (κ2) is 10.3. The van der Waals surface area contributed by atoms with Crippen LogP contribution in [-0.2, 0) is 13.0 Å². The Balaban J connectivity index is 0.00000245. The number of aryl methyl sites for hydroxylation is 1. The number of ether oxygens (including phenoxy) is 2. The zero-order valence-corrected chi connectivity index (χ0v) is 19.4. The van der Waals surface area contributed by atoms with Crippen LogP contribution >= 0.6 is 12.4 Å². The Morgan fingerprint density at radius 2 is 1.69 bits per heavy atom. The highest BCUT2D eigenvalue weighted by Gasteiger charge is 2.32. The zero-order valence-electron chi connectivity index (χ0n) is 18.6. The number of rotatable bonds is 6. The fraction of sp³-hybridized carbons (Fsp3) is 0.333. The molecule has 1 atom stereocenters. The third kappa shape index (κ3) is 4.72. The van der Waals surface area contributed by atoms with Crippen molar-refractivity contribution in [2.24, 2.45) is 0 Å². The van der Waals surface area contributed by atoms with E-state index in [9.17, 15) is 0 Å². The molecule has 0 radical (unpaired) electrons. The first kappa shape index (κ1) is 22.5. The highest BCUT2D eigenvalue weighted by Crippen LogP contribution is 2.42. The summed E-state index contributed by atoms with van der Waals surface area (Å²) in [5.74, 6) is 1.91. The largest absolute Gasteiger partial charge is 0.497 e. The number of likely N-dealkylation sites (tertiary alicyclic amines) is 1. The minimum atomic E-state index is 0. The standard InChI is InChI=1S/C27H30N2O2.ClH/c1-30-24-14-12-21(13-15-24)7-6-17-28-18-16-23(19-28)29-25-9-3-2-8-22(25)20-31-27-11-5-4-10-26(27)29;/h2-5,8-15,23H,6-7,16-20H2,1H3;1H/t23-;/m1./s1. The van der Waals surface area contributed by atoms with Gasteiger partial charge in [0, 0.05) is 30.4 Å². The molecule has 2 heterocycles. The van der Waals surface area contributed by atoms with E-state index in [1.54, 1.807) is 7.11 Å². The Morgan fingerprint density at radius 1 is 0.938 bits per heavy atom. The maximum Gasteiger partial charge on any atom is 0.143 e. The maximum absolute atomic E-state index is 6.16. The molecule has 168 valence electrons. The van der Waals surface area contributed by atoms with Gasteiger partial charge in [0.15, 0.2) is 0 Å². The normalized spacial score (nSPS) is 17.5. The quantitative estimate of drug-likeness (QED) is 0.470. The van der Waals surface area contributed by atoms with E-state index in [1.165, 1.54) is 35.3 Å². The van der Waals surface area contributed by atoms with Crippen molar-refractivity contribution in [3.8, 4) is 11.5 Å². The molecule has 0 amide bonds. The molecule has 2 aliphatic heterocycles. The van der Waals surface area contributed by atoms with Crippen LogP contribution < -0.4 is 14.4 Å². The number of fused-ring (bicyclic) bond motifs is 2. The summed E-state index contributed by atoms with van der Waals surface area (Å²) in [6.45, 7) is 4.00. The van der Waals surface area contributed by atoms with Crippen molar-refractivity contribution in [1.82, 2.24) is 4.90 Å². The van der Waals surface area contributed by atoms with Crippen LogP contribution in [0.1, 0.15) is 24.0 Å². The van der Waals surface area contributed by atoms with Crippen molar-refractivity contribution in [2.75, 3.05) is 31.6 Å². The lowest BCUT2D eigenvalue weighted by atomic mass is 10.1. The molecule has 3 aromatic carbocycles. The van der Waals surface area contributed by atoms with E-state index in [-0.39, 0.29) is 12.4 Å². The third-order valence-corrected chi connectivity index (χ3v) is 6.47. The van der Waals surface area contributed by atoms with Gasteiger partial charge in [-0.25, -0.2) is 0 Å². The fourth-order valence-electron chi connectivity index (χ4n) is 4.85. The van der Waals surface area contributed by atoms with Gasteiger partial charge in [-0.2, -0.15) is 0 Å². The number of nitrogens with zero attached hydrogens (tertiary/aromatic N) is 2. The average Bonchev–Trinajstić information content (AvgIpc) is 3.21. The lowest BCUT2D eigenvalue weighted by Gasteiger charge is -2.32. The molecule has 4 nitrogen and oxygen atoms in total. The van der Waals surface area contributed by atoms with Crippen LogP contribution in [0.5, 0.6) is 11.5 Å². The van der Waals surface area contributed by atoms with E-state index < -0.39 is 0 Å². The summed E-state index contributed by atoms with van der Waals surface area (Å²) >= 11 is 0. The number of hydrogen-bond donors (Lipinski definition) is 0. The number of halogens is 1. The van der Waals surface area contributed by atoms with Gasteiger partial charge >= 0.3 is 0 Å². The molecule has 1 saturated heterocycles. The molecule has 0 saturated carbocycles. The summed E-state index contributed by atoms with van der Waals surface area (Å²) in [6, 6.07) is 26.1. The van der Waals surface area contributed by atoms with Crippen molar-refractivity contribution >= 4 is 23.8 Å². The highest BCUT2D eigenvalue weighted by atomic mass is 35.5. The summed E-state index contributed by atoms with van der Waals surface area (Å²) in [5, 5.41) is 0. The second-order valence-electron chi connectivity index (χ2n) is 8.45. The molecule has 0 N–H and O–H groups in total. The van der Waals surface area contributed by atoms with E-state index in [0.29, 0.717) is 12.6 Å². The van der Waals surface area contributed by atoms with Crippen LogP contribution in [0, 0.1) is 0 Å². The molecule has 0 aromatic heterocycles. The Morgan fingerprint density at radius 3 is 2.50 bits per heavy atom. The van der Waals surface area contributed by atoms with Crippen molar-refractivity contribution in [1.29, 1.82) is 0 Å². The van der Waals surface area contributed by atoms with Gasteiger partial charge in [-0.15, -0.1) is 12.4 Å². The molecule has 0 spiro atoms. The number of para-hydroxylation sites is 3. The minimum Gasteiger partial charge on any atom is -0.497 e. The van der Waals surface area contributed by atoms with Crippen molar-refractivity contribution < 1.29 is 9.47 Å². The molecule has 2 aliphatic rings. The number of anilines is 2. The molecular formula is C27H31ClN2O2. The lowest BCUT2D eigenvalue weighted by molar-refractivity contribution is 0.310. The summed E-state index contributed by atoms with van der Waals surface area (Å²) in [5.41, 5.74) is 5.12. The van der Waals surface area contributed by atoms with Gasteiger partial charge in [0.25, 0.3) is 0 Å². The molecule has 5 heteroatoms. The Hall–Kier alpha value is -2.69. The average molecular weight is 451 g/mol. The van der Waals surface area contributed by atoms with Gasteiger partial charge in [-0.05, 0) is 61.7 Å². The van der Waals surface area contributed by atoms with Crippen molar-refractivity contribution in [3.05, 3.63) is 83.9 Å². The minimum absolute atomic E-state index is 0. The fourth-order valence-corrected chi connectivity index (χ4v) is 4.85.